The average molecular weight is 315 g/mol. The minimum Gasteiger partial charge on any atom is -0.327 e. The Morgan fingerprint density at radius 1 is 1.05 bits per heavy atom. The molecule has 0 atom stereocenters. The maximum absolute atomic E-state index is 13.5. The van der Waals surface area contributed by atoms with Crippen LogP contribution in [0.4, 0.5) is 24.0 Å². The number of aromatic nitrogens is 1. The molecule has 1 aromatic heterocycles. The summed E-state index contributed by atoms with van der Waals surface area (Å²) in [6.07, 6.45) is 0. The molecule has 0 saturated heterocycles. The summed E-state index contributed by atoms with van der Waals surface area (Å²) in [6.45, 7) is 0. The van der Waals surface area contributed by atoms with Crippen LogP contribution in [-0.4, -0.2) is 4.98 Å². The van der Waals surface area contributed by atoms with Crippen LogP contribution in [0.3, 0.4) is 0 Å². The molecular formula is C13H6ClF3N2S. The van der Waals surface area contributed by atoms with Gasteiger partial charge in [-0.15, -0.1) is 0 Å². The molecule has 1 N–H and O–H groups in total. The number of benzene rings is 2. The second kappa shape index (κ2) is 4.96. The summed E-state index contributed by atoms with van der Waals surface area (Å²) in [5.41, 5.74) is 0.185. The van der Waals surface area contributed by atoms with Gasteiger partial charge in [-0.2, -0.15) is 0 Å². The molecule has 102 valence electrons. The van der Waals surface area contributed by atoms with Crippen molar-refractivity contribution in [1.82, 2.24) is 4.98 Å². The molecule has 0 aliphatic heterocycles. The number of nitrogens with one attached hydrogen (secondary N) is 1. The zero-order valence-corrected chi connectivity index (χ0v) is 11.3. The van der Waals surface area contributed by atoms with Gasteiger partial charge in [0.2, 0.25) is 0 Å². The minimum absolute atomic E-state index is 0.298. The van der Waals surface area contributed by atoms with Crippen LogP contribution in [0.1, 0.15) is 0 Å². The number of thiazole rings is 1. The highest BCUT2D eigenvalue weighted by molar-refractivity contribution is 7.22. The first-order valence-electron chi connectivity index (χ1n) is 5.50. The van der Waals surface area contributed by atoms with Crippen molar-refractivity contribution in [2.75, 3.05) is 5.32 Å². The Balaban J connectivity index is 2.01. The molecule has 2 aromatic carbocycles. The van der Waals surface area contributed by atoms with Gasteiger partial charge in [-0.3, -0.25) is 0 Å². The number of hydrogen-bond acceptors (Lipinski definition) is 3. The SMILES string of the molecule is Fc1cc(F)c(Nc2nc3cc(Cl)ccc3s2)c(F)c1. The first kappa shape index (κ1) is 13.2. The lowest BCUT2D eigenvalue weighted by atomic mass is 10.3. The monoisotopic (exact) mass is 314 g/mol. The fraction of sp³-hybridized carbons (Fsp3) is 0. The molecule has 0 aliphatic carbocycles. The quantitative estimate of drug-likeness (QED) is 0.711. The van der Waals surface area contributed by atoms with Crippen molar-refractivity contribution in [2.45, 2.75) is 0 Å². The van der Waals surface area contributed by atoms with Crippen LogP contribution in [-0.2, 0) is 0 Å². The lowest BCUT2D eigenvalue weighted by Crippen LogP contribution is -1.98. The van der Waals surface area contributed by atoms with Gasteiger partial charge < -0.3 is 5.32 Å². The zero-order valence-electron chi connectivity index (χ0n) is 9.75. The van der Waals surface area contributed by atoms with E-state index in [0.29, 0.717) is 27.8 Å². The Labute approximate surface area is 120 Å². The number of anilines is 2. The van der Waals surface area contributed by atoms with Gasteiger partial charge in [-0.1, -0.05) is 22.9 Å². The van der Waals surface area contributed by atoms with Crippen LogP contribution >= 0.6 is 22.9 Å². The number of rotatable bonds is 2. The molecular weight excluding hydrogens is 309 g/mol. The maximum Gasteiger partial charge on any atom is 0.188 e. The third-order valence-electron chi connectivity index (χ3n) is 2.59. The van der Waals surface area contributed by atoms with E-state index in [1.54, 1.807) is 18.2 Å². The van der Waals surface area contributed by atoms with Crippen LogP contribution in [0.25, 0.3) is 10.2 Å². The van der Waals surface area contributed by atoms with Gasteiger partial charge in [0.25, 0.3) is 0 Å². The predicted octanol–water partition coefficient (Wildman–Crippen LogP) is 5.11. The summed E-state index contributed by atoms with van der Waals surface area (Å²) in [5.74, 6) is -3.00. The Bertz CT molecular complexity index is 780. The molecule has 0 radical (unpaired) electrons. The highest BCUT2D eigenvalue weighted by Crippen LogP contribution is 2.31. The standard InChI is InChI=1S/C13H6ClF3N2S/c14-6-1-2-11-10(3-6)18-13(20-11)19-12-8(16)4-7(15)5-9(12)17/h1-5H,(H,18,19). The van der Waals surface area contributed by atoms with E-state index in [1.807, 2.05) is 0 Å². The molecule has 20 heavy (non-hydrogen) atoms. The van der Waals surface area contributed by atoms with Crippen molar-refractivity contribution in [3.63, 3.8) is 0 Å². The van der Waals surface area contributed by atoms with E-state index in [0.717, 1.165) is 4.70 Å². The van der Waals surface area contributed by atoms with E-state index >= 15 is 0 Å². The molecule has 7 heteroatoms. The summed E-state index contributed by atoms with van der Waals surface area (Å²) < 4.78 is 40.7. The topological polar surface area (TPSA) is 24.9 Å². The third kappa shape index (κ3) is 2.44. The zero-order chi connectivity index (χ0) is 14.3. The van der Waals surface area contributed by atoms with Gasteiger partial charge in [0.15, 0.2) is 16.8 Å². The van der Waals surface area contributed by atoms with Crippen LogP contribution in [0, 0.1) is 17.5 Å². The van der Waals surface area contributed by atoms with Gasteiger partial charge in [-0.25, -0.2) is 18.2 Å². The Morgan fingerprint density at radius 3 is 2.45 bits per heavy atom. The second-order valence-electron chi connectivity index (χ2n) is 4.00. The summed E-state index contributed by atoms with van der Waals surface area (Å²) in [6, 6.07) is 6.32. The smallest absolute Gasteiger partial charge is 0.188 e. The molecule has 0 fully saturated rings. The highest BCUT2D eigenvalue weighted by Gasteiger charge is 2.13. The molecule has 0 spiro atoms. The fourth-order valence-electron chi connectivity index (χ4n) is 1.72. The van der Waals surface area contributed by atoms with Crippen molar-refractivity contribution in [3.05, 3.63) is 52.8 Å². The summed E-state index contributed by atoms with van der Waals surface area (Å²) in [4.78, 5) is 4.17. The summed E-state index contributed by atoms with van der Waals surface area (Å²) in [5, 5.41) is 3.34. The number of hydrogen-bond donors (Lipinski definition) is 1. The van der Waals surface area contributed by atoms with Crippen LogP contribution in [0.5, 0.6) is 0 Å². The lowest BCUT2D eigenvalue weighted by Gasteiger charge is -2.05. The molecule has 0 saturated carbocycles. The average Bonchev–Trinajstić information content (AvgIpc) is 2.75. The third-order valence-corrected chi connectivity index (χ3v) is 3.78. The van der Waals surface area contributed by atoms with Gasteiger partial charge in [0.05, 0.1) is 10.2 Å². The number of nitrogens with zero attached hydrogens (tertiary/aromatic N) is 1. The van der Waals surface area contributed by atoms with E-state index < -0.39 is 23.1 Å². The van der Waals surface area contributed by atoms with E-state index in [2.05, 4.69) is 10.3 Å². The summed E-state index contributed by atoms with van der Waals surface area (Å²) >= 11 is 7.05. The van der Waals surface area contributed by atoms with Crippen molar-refractivity contribution >= 4 is 44.0 Å². The largest absolute Gasteiger partial charge is 0.327 e. The van der Waals surface area contributed by atoms with Crippen molar-refractivity contribution in [3.8, 4) is 0 Å². The van der Waals surface area contributed by atoms with E-state index in [1.165, 1.54) is 11.3 Å². The van der Waals surface area contributed by atoms with E-state index in [-0.39, 0.29) is 0 Å². The lowest BCUT2D eigenvalue weighted by molar-refractivity contribution is 0.549. The molecule has 0 unspecified atom stereocenters. The fourth-order valence-corrected chi connectivity index (χ4v) is 2.74. The minimum atomic E-state index is -1.01. The molecule has 2 nitrogen and oxygen atoms in total. The Morgan fingerprint density at radius 2 is 1.75 bits per heavy atom. The van der Waals surface area contributed by atoms with Gasteiger partial charge >= 0.3 is 0 Å². The van der Waals surface area contributed by atoms with Gasteiger partial charge in [0.1, 0.15) is 11.5 Å². The first-order chi connectivity index (χ1) is 9.52. The maximum atomic E-state index is 13.5. The Kier molecular flexibility index (Phi) is 3.27. The van der Waals surface area contributed by atoms with Crippen molar-refractivity contribution in [2.24, 2.45) is 0 Å². The number of fused-ring (bicyclic) bond motifs is 1. The van der Waals surface area contributed by atoms with Crippen LogP contribution in [0.2, 0.25) is 5.02 Å². The van der Waals surface area contributed by atoms with Crippen molar-refractivity contribution in [1.29, 1.82) is 0 Å². The van der Waals surface area contributed by atoms with E-state index in [9.17, 15) is 13.2 Å². The molecule has 1 heterocycles. The van der Waals surface area contributed by atoms with Crippen LogP contribution < -0.4 is 5.32 Å². The normalized spacial score (nSPS) is 11.0. The van der Waals surface area contributed by atoms with Gasteiger partial charge in [-0.05, 0) is 18.2 Å². The second-order valence-corrected chi connectivity index (χ2v) is 5.47. The summed E-state index contributed by atoms with van der Waals surface area (Å²) in [7, 11) is 0. The van der Waals surface area contributed by atoms with Gasteiger partial charge in [0, 0.05) is 17.2 Å². The van der Waals surface area contributed by atoms with E-state index in [4.69, 9.17) is 11.6 Å². The molecule has 3 aromatic rings. The predicted molar refractivity (Wildman–Crippen MR) is 74.2 cm³/mol. The molecule has 0 amide bonds. The highest BCUT2D eigenvalue weighted by atomic mass is 35.5. The molecule has 0 aliphatic rings. The van der Waals surface area contributed by atoms with Crippen molar-refractivity contribution < 1.29 is 13.2 Å². The Hall–Kier alpha value is -1.79. The molecule has 0 bridgehead atoms. The van der Waals surface area contributed by atoms with Crippen LogP contribution in [0.15, 0.2) is 30.3 Å². The first-order valence-corrected chi connectivity index (χ1v) is 6.70. The number of halogens is 4. The molecule has 3 rings (SSSR count).